The molecule has 0 aromatic carbocycles. The van der Waals surface area contributed by atoms with Crippen molar-refractivity contribution in [3.05, 3.63) is 12.2 Å². The molecule has 0 saturated heterocycles. The molecule has 0 saturated carbocycles. The number of carboxylic acid groups (broad SMARTS) is 1. The van der Waals surface area contributed by atoms with Crippen LogP contribution in [0.2, 0.25) is 0 Å². The van der Waals surface area contributed by atoms with Gasteiger partial charge in [-0.2, -0.15) is 0 Å². The molecular weight excluding hydrogens is 208 g/mol. The highest BCUT2D eigenvalue weighted by Gasteiger charge is 2.18. The monoisotopic (exact) mass is 228 g/mol. The minimum absolute atomic E-state index is 0.0528. The highest BCUT2D eigenvalue weighted by molar-refractivity contribution is 5.90. The molecule has 0 radical (unpaired) electrons. The van der Waals surface area contributed by atoms with Gasteiger partial charge in [-0.3, -0.25) is 0 Å². The van der Waals surface area contributed by atoms with Crippen LogP contribution in [0.5, 0.6) is 0 Å². The van der Waals surface area contributed by atoms with E-state index in [2.05, 4.69) is 6.92 Å². The van der Waals surface area contributed by atoms with Crippen molar-refractivity contribution in [1.82, 2.24) is 0 Å². The van der Waals surface area contributed by atoms with Crippen molar-refractivity contribution in [1.29, 1.82) is 0 Å². The van der Waals surface area contributed by atoms with Crippen molar-refractivity contribution in [2.24, 2.45) is 5.41 Å². The lowest BCUT2D eigenvalue weighted by atomic mass is 9.88. The molecule has 0 atom stereocenters. The van der Waals surface area contributed by atoms with Gasteiger partial charge in [-0.05, 0) is 11.8 Å². The Balaban J connectivity index is 3.94. The van der Waals surface area contributed by atoms with Gasteiger partial charge >= 0.3 is 11.9 Å². The van der Waals surface area contributed by atoms with E-state index >= 15 is 0 Å². The molecule has 0 aliphatic carbocycles. The van der Waals surface area contributed by atoms with Gasteiger partial charge in [0.1, 0.15) is 0 Å². The van der Waals surface area contributed by atoms with Gasteiger partial charge in [0.15, 0.2) is 0 Å². The molecule has 0 heterocycles. The van der Waals surface area contributed by atoms with E-state index in [0.29, 0.717) is 6.61 Å². The molecule has 4 heteroatoms. The van der Waals surface area contributed by atoms with E-state index in [1.54, 1.807) is 0 Å². The molecule has 16 heavy (non-hydrogen) atoms. The Kier molecular flexibility index (Phi) is 6.46. The molecular formula is C12H20O4. The summed E-state index contributed by atoms with van der Waals surface area (Å²) < 4.78 is 4.97. The average Bonchev–Trinajstić information content (AvgIpc) is 2.21. The van der Waals surface area contributed by atoms with Crippen LogP contribution in [0.3, 0.4) is 0 Å². The van der Waals surface area contributed by atoms with E-state index in [1.807, 2.05) is 13.8 Å². The minimum atomic E-state index is -1.15. The first-order chi connectivity index (χ1) is 7.37. The van der Waals surface area contributed by atoms with E-state index in [4.69, 9.17) is 9.84 Å². The second kappa shape index (κ2) is 7.04. The van der Waals surface area contributed by atoms with Crippen molar-refractivity contribution >= 4 is 11.9 Å². The second-order valence-corrected chi connectivity index (χ2v) is 4.55. The molecule has 1 N–H and O–H groups in total. The predicted octanol–water partition coefficient (Wildman–Crippen LogP) is 2.39. The molecule has 0 aromatic heterocycles. The van der Waals surface area contributed by atoms with Crippen LogP contribution in [0.25, 0.3) is 0 Å². The number of carbonyl (C=O) groups is 2. The summed E-state index contributed by atoms with van der Waals surface area (Å²) in [6.45, 7) is 6.47. The molecule has 0 unspecified atom stereocenters. The molecule has 4 nitrogen and oxygen atoms in total. The first-order valence-corrected chi connectivity index (χ1v) is 5.45. The number of rotatable bonds is 7. The molecule has 0 aliphatic rings. The Labute approximate surface area is 96.3 Å². The summed E-state index contributed by atoms with van der Waals surface area (Å²) in [6, 6.07) is 0. The van der Waals surface area contributed by atoms with E-state index in [0.717, 1.165) is 31.4 Å². The van der Waals surface area contributed by atoms with Gasteiger partial charge < -0.3 is 9.84 Å². The van der Waals surface area contributed by atoms with Gasteiger partial charge in [-0.1, -0.05) is 33.6 Å². The summed E-state index contributed by atoms with van der Waals surface area (Å²) in [5, 5.41) is 8.31. The van der Waals surface area contributed by atoms with Crippen LogP contribution in [0.1, 0.15) is 40.0 Å². The average molecular weight is 228 g/mol. The van der Waals surface area contributed by atoms with E-state index in [9.17, 15) is 9.59 Å². The first-order valence-electron chi connectivity index (χ1n) is 5.45. The quantitative estimate of drug-likeness (QED) is 0.536. The first kappa shape index (κ1) is 14.7. The molecule has 0 bridgehead atoms. The van der Waals surface area contributed by atoms with Gasteiger partial charge in [0, 0.05) is 12.2 Å². The summed E-state index contributed by atoms with van der Waals surface area (Å²) in [5.41, 5.74) is -0.0528. The lowest BCUT2D eigenvalue weighted by molar-refractivity contribution is -0.141. The maximum atomic E-state index is 11.1. The topological polar surface area (TPSA) is 63.6 Å². The van der Waals surface area contributed by atoms with Crippen LogP contribution in [-0.2, 0) is 14.3 Å². The molecule has 92 valence electrons. The Morgan fingerprint density at radius 3 is 2.44 bits per heavy atom. The third-order valence-electron chi connectivity index (χ3n) is 2.17. The maximum Gasteiger partial charge on any atom is 0.331 e. The molecule has 0 rings (SSSR count). The Hall–Kier alpha value is -1.32. The van der Waals surface area contributed by atoms with Gasteiger partial charge in [0.2, 0.25) is 0 Å². The van der Waals surface area contributed by atoms with Gasteiger partial charge in [0.05, 0.1) is 6.61 Å². The van der Waals surface area contributed by atoms with Crippen LogP contribution in [-0.4, -0.2) is 23.7 Å². The number of aliphatic carboxylic acids is 1. The van der Waals surface area contributed by atoms with Crippen LogP contribution < -0.4 is 0 Å². The van der Waals surface area contributed by atoms with E-state index in [-0.39, 0.29) is 5.41 Å². The van der Waals surface area contributed by atoms with Crippen molar-refractivity contribution in [3.8, 4) is 0 Å². The zero-order chi connectivity index (χ0) is 12.6. The lowest BCUT2D eigenvalue weighted by Crippen LogP contribution is -2.21. The third-order valence-corrected chi connectivity index (χ3v) is 2.17. The van der Waals surface area contributed by atoms with Crippen molar-refractivity contribution in [2.45, 2.75) is 40.0 Å². The summed E-state index contributed by atoms with van der Waals surface area (Å²) in [5.74, 6) is -1.76. The molecule has 0 spiro atoms. The number of hydrogen-bond donors (Lipinski definition) is 1. The number of carboxylic acids is 1. The molecule has 0 amide bonds. The summed E-state index contributed by atoms with van der Waals surface area (Å²) in [6.07, 6.45) is 4.89. The van der Waals surface area contributed by atoms with Crippen LogP contribution in [0, 0.1) is 5.41 Å². The number of hydrogen-bond acceptors (Lipinski definition) is 3. The number of esters is 1. The standard InChI is InChI=1S/C12H20O4/c1-4-5-8-12(2,3)9-16-11(15)7-6-10(13)14/h6-7H,4-5,8-9H2,1-3H3,(H,13,14)/b7-6-. The lowest BCUT2D eigenvalue weighted by Gasteiger charge is -2.23. The largest absolute Gasteiger partial charge is 0.478 e. The highest BCUT2D eigenvalue weighted by atomic mass is 16.5. The van der Waals surface area contributed by atoms with E-state index < -0.39 is 11.9 Å². The molecule has 0 aliphatic heterocycles. The minimum Gasteiger partial charge on any atom is -0.478 e. The summed E-state index contributed by atoms with van der Waals surface area (Å²) in [7, 11) is 0. The second-order valence-electron chi connectivity index (χ2n) is 4.55. The number of unbranched alkanes of at least 4 members (excludes halogenated alkanes) is 1. The Morgan fingerprint density at radius 1 is 1.31 bits per heavy atom. The SMILES string of the molecule is CCCCC(C)(C)COC(=O)/C=C\C(=O)O. The Morgan fingerprint density at radius 2 is 1.94 bits per heavy atom. The molecule has 0 aromatic rings. The number of ether oxygens (including phenoxy) is 1. The number of carbonyl (C=O) groups excluding carboxylic acids is 1. The fourth-order valence-corrected chi connectivity index (χ4v) is 1.18. The third kappa shape index (κ3) is 8.03. The Bertz CT molecular complexity index is 266. The van der Waals surface area contributed by atoms with Gasteiger partial charge in [-0.25, -0.2) is 9.59 Å². The van der Waals surface area contributed by atoms with Gasteiger partial charge in [-0.15, -0.1) is 0 Å². The predicted molar refractivity (Wildman–Crippen MR) is 61.0 cm³/mol. The van der Waals surface area contributed by atoms with Crippen LogP contribution >= 0.6 is 0 Å². The zero-order valence-electron chi connectivity index (χ0n) is 10.2. The van der Waals surface area contributed by atoms with E-state index in [1.165, 1.54) is 0 Å². The highest BCUT2D eigenvalue weighted by Crippen LogP contribution is 2.23. The van der Waals surface area contributed by atoms with Crippen molar-refractivity contribution < 1.29 is 19.4 Å². The fourth-order valence-electron chi connectivity index (χ4n) is 1.18. The van der Waals surface area contributed by atoms with Crippen molar-refractivity contribution in [2.75, 3.05) is 6.61 Å². The fraction of sp³-hybridized carbons (Fsp3) is 0.667. The summed E-state index contributed by atoms with van der Waals surface area (Å²) >= 11 is 0. The normalized spacial score (nSPS) is 11.7. The molecule has 0 fully saturated rings. The summed E-state index contributed by atoms with van der Waals surface area (Å²) in [4.78, 5) is 21.2. The van der Waals surface area contributed by atoms with Crippen molar-refractivity contribution in [3.63, 3.8) is 0 Å². The zero-order valence-corrected chi connectivity index (χ0v) is 10.2. The maximum absolute atomic E-state index is 11.1. The van der Waals surface area contributed by atoms with Crippen LogP contribution in [0.15, 0.2) is 12.2 Å². The van der Waals surface area contributed by atoms with Gasteiger partial charge in [0.25, 0.3) is 0 Å². The smallest absolute Gasteiger partial charge is 0.331 e. The van der Waals surface area contributed by atoms with Crippen LogP contribution in [0.4, 0.5) is 0 Å².